The van der Waals surface area contributed by atoms with Crippen LogP contribution in [0, 0.1) is 5.82 Å². The number of benzene rings is 3. The molecule has 1 nitrogen and oxygen atoms in total. The van der Waals surface area contributed by atoms with Crippen molar-refractivity contribution < 1.29 is 17.6 Å². The Balaban J connectivity index is 2.21. The predicted molar refractivity (Wildman–Crippen MR) is 89.6 cm³/mol. The van der Waals surface area contributed by atoms with Crippen molar-refractivity contribution >= 4 is 21.7 Å². The average Bonchev–Trinajstić information content (AvgIpc) is 2.60. The lowest BCUT2D eigenvalue weighted by molar-refractivity contribution is -0.138. The minimum Gasteiger partial charge on any atom is -0.244 e. The second-order valence-electron chi connectivity index (χ2n) is 5.70. The first-order valence-electron chi connectivity index (χ1n) is 7.60. The minimum absolute atomic E-state index is 0.144. The van der Waals surface area contributed by atoms with Gasteiger partial charge in [-0.25, -0.2) is 9.37 Å². The molecule has 0 aliphatic heterocycles. The van der Waals surface area contributed by atoms with Crippen LogP contribution < -0.4 is 0 Å². The number of hydrogen-bond donors (Lipinski definition) is 0. The molecule has 0 aliphatic rings. The van der Waals surface area contributed by atoms with Crippen LogP contribution in [0.5, 0.6) is 0 Å². The van der Waals surface area contributed by atoms with Gasteiger partial charge >= 0.3 is 6.18 Å². The van der Waals surface area contributed by atoms with Crippen LogP contribution in [-0.4, -0.2) is 4.98 Å². The number of rotatable bonds is 1. The number of fused-ring (bicyclic) bond motifs is 3. The molecule has 1 aromatic heterocycles. The maximum atomic E-state index is 14.8. The fourth-order valence-corrected chi connectivity index (χ4v) is 3.04. The van der Waals surface area contributed by atoms with Gasteiger partial charge in [0.15, 0.2) is 5.82 Å². The van der Waals surface area contributed by atoms with Crippen LogP contribution in [-0.2, 0) is 6.18 Å². The summed E-state index contributed by atoms with van der Waals surface area (Å²) in [7, 11) is 0. The summed E-state index contributed by atoms with van der Waals surface area (Å²) in [6, 6.07) is 17.9. The van der Waals surface area contributed by atoms with E-state index in [0.29, 0.717) is 10.9 Å². The van der Waals surface area contributed by atoms with Crippen molar-refractivity contribution in [1.29, 1.82) is 0 Å². The SMILES string of the molecule is Fc1c(-c2ccccc2)nc2c(ccc3ccccc32)c1C(F)(F)F. The molecule has 0 amide bonds. The van der Waals surface area contributed by atoms with Crippen molar-refractivity contribution in [1.82, 2.24) is 4.98 Å². The van der Waals surface area contributed by atoms with E-state index >= 15 is 0 Å². The molecule has 0 fully saturated rings. The van der Waals surface area contributed by atoms with Gasteiger partial charge in [0, 0.05) is 16.3 Å². The number of alkyl halides is 3. The van der Waals surface area contributed by atoms with Crippen LogP contribution in [0.2, 0.25) is 0 Å². The second-order valence-corrected chi connectivity index (χ2v) is 5.70. The third-order valence-electron chi connectivity index (χ3n) is 4.15. The fraction of sp³-hybridized carbons (Fsp3) is 0.0500. The fourth-order valence-electron chi connectivity index (χ4n) is 3.04. The topological polar surface area (TPSA) is 12.9 Å². The molecule has 0 saturated heterocycles. The van der Waals surface area contributed by atoms with Crippen LogP contribution in [0.4, 0.5) is 17.6 Å². The Morgan fingerprint density at radius 1 is 0.720 bits per heavy atom. The van der Waals surface area contributed by atoms with E-state index in [-0.39, 0.29) is 16.6 Å². The Kier molecular flexibility index (Phi) is 3.46. The van der Waals surface area contributed by atoms with E-state index in [1.807, 2.05) is 0 Å². The number of halogens is 4. The van der Waals surface area contributed by atoms with Gasteiger partial charge in [0.2, 0.25) is 0 Å². The van der Waals surface area contributed by atoms with E-state index in [1.54, 1.807) is 60.7 Å². The number of hydrogen-bond acceptors (Lipinski definition) is 1. The highest BCUT2D eigenvalue weighted by Crippen LogP contribution is 2.41. The van der Waals surface area contributed by atoms with E-state index in [2.05, 4.69) is 4.98 Å². The monoisotopic (exact) mass is 341 g/mol. The van der Waals surface area contributed by atoms with Crippen molar-refractivity contribution in [3.8, 4) is 11.3 Å². The lowest BCUT2D eigenvalue weighted by Crippen LogP contribution is -2.11. The first kappa shape index (κ1) is 15.6. The summed E-state index contributed by atoms with van der Waals surface area (Å²) in [5.74, 6) is -1.35. The van der Waals surface area contributed by atoms with Crippen molar-refractivity contribution in [2.45, 2.75) is 6.18 Å². The van der Waals surface area contributed by atoms with Crippen molar-refractivity contribution in [2.75, 3.05) is 0 Å². The molecule has 0 saturated carbocycles. The zero-order valence-electron chi connectivity index (χ0n) is 12.8. The van der Waals surface area contributed by atoms with Crippen molar-refractivity contribution in [3.63, 3.8) is 0 Å². The molecule has 3 aromatic carbocycles. The molecule has 0 radical (unpaired) electrons. The molecule has 1 heterocycles. The molecule has 0 spiro atoms. The number of nitrogens with zero attached hydrogens (tertiary/aromatic N) is 1. The normalized spacial score (nSPS) is 12.0. The summed E-state index contributed by atoms with van der Waals surface area (Å²) in [4.78, 5) is 4.27. The van der Waals surface area contributed by atoms with Gasteiger partial charge in [-0.05, 0) is 5.39 Å². The van der Waals surface area contributed by atoms with E-state index in [9.17, 15) is 17.6 Å². The maximum Gasteiger partial charge on any atom is 0.419 e. The smallest absolute Gasteiger partial charge is 0.244 e. The van der Waals surface area contributed by atoms with Crippen LogP contribution in [0.15, 0.2) is 66.7 Å². The second kappa shape index (κ2) is 5.55. The molecule has 124 valence electrons. The highest BCUT2D eigenvalue weighted by molar-refractivity contribution is 6.07. The first-order valence-corrected chi connectivity index (χ1v) is 7.60. The van der Waals surface area contributed by atoms with E-state index in [1.165, 1.54) is 6.07 Å². The Labute approximate surface area is 140 Å². The quantitative estimate of drug-likeness (QED) is 0.296. The van der Waals surface area contributed by atoms with Crippen LogP contribution in [0.25, 0.3) is 32.9 Å². The molecule has 5 heteroatoms. The Bertz CT molecular complexity index is 1090. The lowest BCUT2D eigenvalue weighted by Gasteiger charge is -2.15. The molecule has 4 aromatic rings. The zero-order chi connectivity index (χ0) is 17.6. The number of aromatic nitrogens is 1. The van der Waals surface area contributed by atoms with Gasteiger partial charge in [0.05, 0.1) is 5.52 Å². The van der Waals surface area contributed by atoms with Crippen molar-refractivity contribution in [3.05, 3.63) is 78.1 Å². The average molecular weight is 341 g/mol. The molecule has 0 N–H and O–H groups in total. The van der Waals surface area contributed by atoms with Gasteiger partial charge in [-0.15, -0.1) is 0 Å². The van der Waals surface area contributed by atoms with Gasteiger partial charge in [-0.3, -0.25) is 0 Å². The molecule has 0 bridgehead atoms. The van der Waals surface area contributed by atoms with Gasteiger partial charge in [-0.2, -0.15) is 13.2 Å². The highest BCUT2D eigenvalue weighted by atomic mass is 19.4. The van der Waals surface area contributed by atoms with Gasteiger partial charge in [-0.1, -0.05) is 66.7 Å². The Morgan fingerprint density at radius 3 is 2.12 bits per heavy atom. The highest BCUT2D eigenvalue weighted by Gasteiger charge is 2.38. The lowest BCUT2D eigenvalue weighted by atomic mass is 9.99. The molecule has 25 heavy (non-hydrogen) atoms. The number of pyridine rings is 1. The summed E-state index contributed by atoms with van der Waals surface area (Å²) in [5, 5.41) is 1.08. The summed E-state index contributed by atoms with van der Waals surface area (Å²) in [6.07, 6.45) is -4.82. The predicted octanol–water partition coefficient (Wildman–Crippen LogP) is 6.21. The van der Waals surface area contributed by atoms with Crippen LogP contribution in [0.1, 0.15) is 5.56 Å². The van der Waals surface area contributed by atoms with Crippen molar-refractivity contribution in [2.24, 2.45) is 0 Å². The van der Waals surface area contributed by atoms with Gasteiger partial charge < -0.3 is 0 Å². The molecular weight excluding hydrogens is 330 g/mol. The largest absolute Gasteiger partial charge is 0.419 e. The van der Waals surface area contributed by atoms with Crippen LogP contribution in [0.3, 0.4) is 0 Å². The summed E-state index contributed by atoms with van der Waals surface area (Å²) < 4.78 is 55.6. The van der Waals surface area contributed by atoms with E-state index in [0.717, 1.165) is 5.39 Å². The van der Waals surface area contributed by atoms with E-state index in [4.69, 9.17) is 0 Å². The molecule has 0 aliphatic carbocycles. The maximum absolute atomic E-state index is 14.8. The zero-order valence-corrected chi connectivity index (χ0v) is 12.8. The molecule has 0 atom stereocenters. The standard InChI is InChI=1S/C20H11F4N/c21-17-16(20(22,23)24)15-11-10-12-6-4-5-9-14(12)19(15)25-18(17)13-7-2-1-3-8-13/h1-11H. The van der Waals surface area contributed by atoms with Gasteiger partial charge in [0.1, 0.15) is 11.3 Å². The Hall–Kier alpha value is -2.95. The third kappa shape index (κ3) is 2.52. The van der Waals surface area contributed by atoms with Gasteiger partial charge in [0.25, 0.3) is 0 Å². The summed E-state index contributed by atoms with van der Waals surface area (Å²) >= 11 is 0. The molecule has 4 rings (SSSR count). The molecule has 0 unspecified atom stereocenters. The third-order valence-corrected chi connectivity index (χ3v) is 4.15. The Morgan fingerprint density at radius 2 is 1.40 bits per heavy atom. The summed E-state index contributed by atoms with van der Waals surface area (Å²) in [5.41, 5.74) is -1.12. The summed E-state index contributed by atoms with van der Waals surface area (Å²) in [6.45, 7) is 0. The van der Waals surface area contributed by atoms with Crippen LogP contribution >= 0.6 is 0 Å². The first-order chi connectivity index (χ1) is 12.0. The molecular formula is C20H11F4N. The minimum atomic E-state index is -4.82. The van der Waals surface area contributed by atoms with E-state index < -0.39 is 17.6 Å².